The van der Waals surface area contributed by atoms with Crippen LogP contribution in [0.5, 0.6) is 0 Å². The van der Waals surface area contributed by atoms with Gasteiger partial charge in [-0.05, 0) is 61.4 Å². The van der Waals surface area contributed by atoms with Crippen molar-refractivity contribution in [2.24, 2.45) is 5.41 Å². The van der Waals surface area contributed by atoms with Crippen LogP contribution in [-0.4, -0.2) is 41.3 Å². The predicted octanol–water partition coefficient (Wildman–Crippen LogP) is 7.72. The Morgan fingerprint density at radius 1 is 0.818 bits per heavy atom. The molecule has 222 valence electrons. The molecule has 4 aromatic rings. The van der Waals surface area contributed by atoms with Gasteiger partial charge >= 0.3 is 0 Å². The zero-order chi connectivity index (χ0) is 30.0. The second-order valence-electron chi connectivity index (χ2n) is 13.5. The van der Waals surface area contributed by atoms with Crippen LogP contribution in [0, 0.1) is 12.3 Å². The van der Waals surface area contributed by atoms with Gasteiger partial charge in [0.1, 0.15) is 18.0 Å². The van der Waals surface area contributed by atoms with Crippen molar-refractivity contribution in [3.05, 3.63) is 108 Å². The summed E-state index contributed by atoms with van der Waals surface area (Å²) in [7, 11) is 4.52. The monoisotopic (exact) mass is 580 g/mol. The Morgan fingerprint density at radius 2 is 1.55 bits per heavy atom. The average Bonchev–Trinajstić information content (AvgIpc) is 3.28. The Labute approximate surface area is 260 Å². The van der Waals surface area contributed by atoms with Gasteiger partial charge in [-0.15, -0.1) is 0 Å². The highest BCUT2D eigenvalue weighted by molar-refractivity contribution is 5.89. The Kier molecular flexibility index (Phi) is 5.13. The van der Waals surface area contributed by atoms with E-state index in [1.165, 1.54) is 28.1 Å². The highest BCUT2D eigenvalue weighted by atomic mass is 15.5. The van der Waals surface area contributed by atoms with Gasteiger partial charge in [-0.25, -0.2) is 9.97 Å². The van der Waals surface area contributed by atoms with Crippen molar-refractivity contribution in [3.63, 3.8) is 0 Å². The molecule has 3 aromatic carbocycles. The molecule has 5 aliphatic rings. The maximum Gasteiger partial charge on any atom is 0.161 e. The van der Waals surface area contributed by atoms with Gasteiger partial charge in [-0.1, -0.05) is 74.5 Å². The number of hydrogen-bond acceptors (Lipinski definition) is 6. The highest BCUT2D eigenvalue weighted by Gasteiger charge is 2.91. The average molecular weight is 581 g/mol. The van der Waals surface area contributed by atoms with Gasteiger partial charge in [0, 0.05) is 59.7 Å². The first-order chi connectivity index (χ1) is 21.5. The van der Waals surface area contributed by atoms with E-state index in [2.05, 4.69) is 146 Å². The Balaban J connectivity index is 1.31. The van der Waals surface area contributed by atoms with Crippen molar-refractivity contribution in [2.75, 3.05) is 28.8 Å². The molecule has 1 spiro atoms. The van der Waals surface area contributed by atoms with E-state index in [1.807, 2.05) is 0 Å². The molecule has 1 saturated carbocycles. The predicted molar refractivity (Wildman–Crippen MR) is 178 cm³/mol. The van der Waals surface area contributed by atoms with Crippen LogP contribution in [0.3, 0.4) is 0 Å². The normalized spacial score (nSPS) is 30.4. The van der Waals surface area contributed by atoms with Gasteiger partial charge < -0.3 is 19.6 Å². The van der Waals surface area contributed by atoms with Gasteiger partial charge in [-0.2, -0.15) is 0 Å². The molecule has 0 N–H and O–H groups in total. The molecule has 9 rings (SSSR count). The third kappa shape index (κ3) is 2.67. The fourth-order valence-electron chi connectivity index (χ4n) is 10.9. The van der Waals surface area contributed by atoms with Gasteiger partial charge in [0.2, 0.25) is 0 Å². The molecule has 5 atom stereocenters. The number of anilines is 4. The van der Waals surface area contributed by atoms with Crippen molar-refractivity contribution in [3.8, 4) is 11.4 Å². The Morgan fingerprint density at radius 3 is 2.32 bits per heavy atom. The molecule has 1 aliphatic carbocycles. The summed E-state index contributed by atoms with van der Waals surface area (Å²) in [6.45, 7) is 7.05. The quantitative estimate of drug-likeness (QED) is 0.247. The van der Waals surface area contributed by atoms with E-state index in [0.717, 1.165) is 48.6 Å². The molecule has 5 unspecified atom stereocenters. The minimum Gasteiger partial charge on any atom is -0.359 e. The van der Waals surface area contributed by atoms with E-state index in [4.69, 9.17) is 9.97 Å². The van der Waals surface area contributed by atoms with Crippen LogP contribution in [0.4, 0.5) is 22.9 Å². The van der Waals surface area contributed by atoms with Crippen LogP contribution in [-0.2, 0) is 10.8 Å². The Bertz CT molecular complexity index is 1870. The third-order valence-corrected chi connectivity index (χ3v) is 12.4. The van der Waals surface area contributed by atoms with Crippen LogP contribution >= 0.6 is 0 Å². The van der Waals surface area contributed by atoms with E-state index >= 15 is 0 Å². The number of fused-ring (bicyclic) bond motifs is 14. The van der Waals surface area contributed by atoms with E-state index in [-0.39, 0.29) is 22.4 Å². The maximum absolute atomic E-state index is 5.33. The molecule has 0 amide bonds. The fraction of sp³-hybridized carbons (Fsp3) is 0.368. The minimum absolute atomic E-state index is 0.00671. The smallest absolute Gasteiger partial charge is 0.161 e. The molecule has 5 heterocycles. The molecule has 6 nitrogen and oxygen atoms in total. The molecule has 44 heavy (non-hydrogen) atoms. The van der Waals surface area contributed by atoms with Crippen molar-refractivity contribution < 1.29 is 0 Å². The van der Waals surface area contributed by atoms with Crippen LogP contribution in [0.25, 0.3) is 11.4 Å². The molecule has 0 saturated heterocycles. The minimum atomic E-state index is -0.0305. The van der Waals surface area contributed by atoms with E-state index < -0.39 is 0 Å². The van der Waals surface area contributed by atoms with Crippen molar-refractivity contribution in [1.29, 1.82) is 0 Å². The zero-order valence-electron chi connectivity index (χ0n) is 26.3. The largest absolute Gasteiger partial charge is 0.359 e. The number of rotatable bonds is 3. The van der Waals surface area contributed by atoms with E-state index in [1.54, 1.807) is 0 Å². The summed E-state index contributed by atoms with van der Waals surface area (Å²) < 4.78 is 0. The van der Waals surface area contributed by atoms with Gasteiger partial charge in [-0.3, -0.25) is 0 Å². The lowest BCUT2D eigenvalue weighted by molar-refractivity contribution is 0.275. The fourth-order valence-corrected chi connectivity index (χ4v) is 10.9. The van der Waals surface area contributed by atoms with E-state index in [0.29, 0.717) is 6.17 Å². The van der Waals surface area contributed by atoms with Crippen LogP contribution < -0.4 is 14.7 Å². The van der Waals surface area contributed by atoms with Crippen molar-refractivity contribution in [1.82, 2.24) is 14.9 Å². The molecule has 1 fully saturated rings. The number of aromatic nitrogens is 2. The molecular weight excluding hydrogens is 540 g/mol. The first-order valence-electron chi connectivity index (χ1n) is 16.3. The van der Waals surface area contributed by atoms with Gasteiger partial charge in [0.05, 0.1) is 6.20 Å². The van der Waals surface area contributed by atoms with Gasteiger partial charge in [0.25, 0.3) is 0 Å². The first kappa shape index (κ1) is 26.1. The second-order valence-corrected chi connectivity index (χ2v) is 13.5. The SMILES string of the molecule is CCC12c3ccccc3N3c4cnc(-c5ccccc5C)nc4N(C)C3C1(CC)C21CCC2N(C)C=CN2c2ccccc21. The summed E-state index contributed by atoms with van der Waals surface area (Å²) in [4.78, 5) is 20.4. The third-order valence-electron chi connectivity index (χ3n) is 12.4. The van der Waals surface area contributed by atoms with E-state index in [9.17, 15) is 0 Å². The summed E-state index contributed by atoms with van der Waals surface area (Å²) in [6.07, 6.45) is 11.5. The van der Waals surface area contributed by atoms with Crippen molar-refractivity contribution >= 4 is 22.9 Å². The molecule has 4 aliphatic heterocycles. The molecule has 0 radical (unpaired) electrons. The summed E-state index contributed by atoms with van der Waals surface area (Å²) in [5.74, 6) is 1.83. The van der Waals surface area contributed by atoms with Crippen LogP contribution in [0.2, 0.25) is 0 Å². The standard InChI is InChI=1S/C38H40N6/c1-6-36-28-17-11-13-19-30(28)44-31-24-39-33(26-15-9-8-14-25(26)3)40-34(31)42(5)35(44)37(36,7-2)38(36)21-20-32-41(4)22-23-43(32)29-18-12-10-16-27(29)38/h8-19,22-24,32,35H,6-7,20-21H2,1-5H3. The molecule has 0 bridgehead atoms. The number of para-hydroxylation sites is 2. The first-order valence-corrected chi connectivity index (χ1v) is 16.3. The lowest BCUT2D eigenvalue weighted by atomic mass is 9.75. The molecule has 1 aromatic heterocycles. The number of hydrogen-bond donors (Lipinski definition) is 0. The summed E-state index contributed by atoms with van der Waals surface area (Å²) in [5.41, 5.74) is 9.04. The zero-order valence-corrected chi connectivity index (χ0v) is 26.3. The second kappa shape index (κ2) is 8.65. The van der Waals surface area contributed by atoms with Crippen molar-refractivity contribution in [2.45, 2.75) is 69.6 Å². The number of benzene rings is 3. The van der Waals surface area contributed by atoms with Crippen LogP contribution in [0.15, 0.2) is 91.4 Å². The summed E-state index contributed by atoms with van der Waals surface area (Å²) >= 11 is 0. The summed E-state index contributed by atoms with van der Waals surface area (Å²) in [5, 5.41) is 0. The van der Waals surface area contributed by atoms with Crippen LogP contribution in [0.1, 0.15) is 56.2 Å². The topological polar surface area (TPSA) is 38.7 Å². The van der Waals surface area contributed by atoms with Gasteiger partial charge in [0.15, 0.2) is 11.6 Å². The lowest BCUT2D eigenvalue weighted by Gasteiger charge is -2.45. The summed E-state index contributed by atoms with van der Waals surface area (Å²) in [6, 6.07) is 27.0. The maximum atomic E-state index is 5.33. The lowest BCUT2D eigenvalue weighted by Crippen LogP contribution is -2.52. The number of nitrogens with zero attached hydrogens (tertiary/aromatic N) is 6. The highest BCUT2D eigenvalue weighted by Crippen LogP contribution is 2.89. The molecule has 6 heteroatoms. The molecular formula is C38H40N6. The number of aryl methyl sites for hydroxylation is 1. The Hall–Kier alpha value is -4.32.